The molecule has 0 spiro atoms. The number of ether oxygens (including phenoxy) is 1. The Bertz CT molecular complexity index is 853. The van der Waals surface area contributed by atoms with Crippen molar-refractivity contribution in [2.45, 2.75) is 64.7 Å². The number of rotatable bonds is 6. The third-order valence-corrected chi connectivity index (χ3v) is 7.61. The van der Waals surface area contributed by atoms with E-state index in [1.807, 2.05) is 0 Å². The molecule has 1 aliphatic heterocycles. The molecule has 1 saturated heterocycles. The molecule has 1 aromatic heterocycles. The maximum Gasteiger partial charge on any atom is 0.341 e. The number of nitrogens with one attached hydrogen (secondary N) is 1. The van der Waals surface area contributed by atoms with E-state index in [1.54, 1.807) is 6.92 Å². The van der Waals surface area contributed by atoms with E-state index < -0.39 is 5.97 Å². The molecular formula is C22H28N2O5S. The average molecular weight is 433 g/mol. The van der Waals surface area contributed by atoms with Gasteiger partial charge in [0.1, 0.15) is 5.00 Å². The van der Waals surface area contributed by atoms with E-state index in [1.165, 1.54) is 16.2 Å². The van der Waals surface area contributed by atoms with Gasteiger partial charge in [0.05, 0.1) is 24.0 Å². The van der Waals surface area contributed by atoms with Crippen molar-refractivity contribution in [3.05, 3.63) is 16.0 Å². The van der Waals surface area contributed by atoms with Gasteiger partial charge in [-0.3, -0.25) is 19.3 Å². The van der Waals surface area contributed by atoms with Gasteiger partial charge in [-0.1, -0.05) is 12.8 Å². The van der Waals surface area contributed by atoms with Crippen LogP contribution < -0.4 is 5.32 Å². The Hall–Kier alpha value is -2.22. The second-order valence-corrected chi connectivity index (χ2v) is 9.36. The first-order valence-electron chi connectivity index (χ1n) is 11.0. The van der Waals surface area contributed by atoms with Crippen LogP contribution in [0.2, 0.25) is 0 Å². The number of aryl methyl sites for hydroxylation is 1. The van der Waals surface area contributed by atoms with Gasteiger partial charge in [0, 0.05) is 17.8 Å². The zero-order valence-corrected chi connectivity index (χ0v) is 18.1. The maximum atomic E-state index is 12.6. The minimum Gasteiger partial charge on any atom is -0.462 e. The topological polar surface area (TPSA) is 92.8 Å². The highest BCUT2D eigenvalue weighted by Crippen LogP contribution is 2.39. The molecule has 3 aliphatic rings. The number of amides is 3. The predicted octanol–water partition coefficient (Wildman–Crippen LogP) is 3.31. The highest BCUT2D eigenvalue weighted by molar-refractivity contribution is 7.17. The van der Waals surface area contributed by atoms with Crippen molar-refractivity contribution in [3.63, 3.8) is 0 Å². The van der Waals surface area contributed by atoms with Gasteiger partial charge in [-0.25, -0.2) is 4.79 Å². The summed E-state index contributed by atoms with van der Waals surface area (Å²) in [7, 11) is 0. The van der Waals surface area contributed by atoms with E-state index in [0.29, 0.717) is 10.6 Å². The fraction of sp³-hybridized carbons (Fsp3) is 0.636. The second-order valence-electron chi connectivity index (χ2n) is 8.26. The van der Waals surface area contributed by atoms with Gasteiger partial charge >= 0.3 is 5.97 Å². The van der Waals surface area contributed by atoms with E-state index in [0.717, 1.165) is 61.8 Å². The summed E-state index contributed by atoms with van der Waals surface area (Å²) in [6, 6.07) is 0. The summed E-state index contributed by atoms with van der Waals surface area (Å²) >= 11 is 1.44. The number of carbonyl (C=O) groups excluding carboxylic acids is 4. The number of imide groups is 1. The lowest BCUT2D eigenvalue weighted by Gasteiger charge is -2.19. The van der Waals surface area contributed by atoms with Gasteiger partial charge in [0.25, 0.3) is 0 Å². The summed E-state index contributed by atoms with van der Waals surface area (Å²) in [5, 5.41) is 3.38. The number of thiophene rings is 1. The van der Waals surface area contributed by atoms with Gasteiger partial charge < -0.3 is 10.1 Å². The molecule has 162 valence electrons. The van der Waals surface area contributed by atoms with Gasteiger partial charge in [-0.15, -0.1) is 11.3 Å². The van der Waals surface area contributed by atoms with Crippen LogP contribution in [0.15, 0.2) is 0 Å². The highest BCUT2D eigenvalue weighted by Gasteiger charge is 2.47. The summed E-state index contributed by atoms with van der Waals surface area (Å²) in [5.74, 6) is -1.36. The molecular weight excluding hydrogens is 404 g/mol. The number of anilines is 1. The molecule has 0 radical (unpaired) electrons. The molecule has 1 N–H and O–H groups in total. The zero-order valence-electron chi connectivity index (χ0n) is 17.3. The largest absolute Gasteiger partial charge is 0.462 e. The Balaban J connectivity index is 1.43. The average Bonchev–Trinajstić information content (AvgIpc) is 3.22. The van der Waals surface area contributed by atoms with Crippen molar-refractivity contribution in [1.82, 2.24) is 4.90 Å². The summed E-state index contributed by atoms with van der Waals surface area (Å²) < 4.78 is 5.22. The number of carbonyl (C=O) groups is 4. The monoisotopic (exact) mass is 432 g/mol. The van der Waals surface area contributed by atoms with Crippen molar-refractivity contribution >= 4 is 40.0 Å². The van der Waals surface area contributed by atoms with Gasteiger partial charge in [0.2, 0.25) is 17.7 Å². The highest BCUT2D eigenvalue weighted by atomic mass is 32.1. The van der Waals surface area contributed by atoms with Gasteiger partial charge in [0.15, 0.2) is 0 Å². The molecule has 30 heavy (non-hydrogen) atoms. The number of hydrogen-bond acceptors (Lipinski definition) is 6. The molecule has 4 rings (SSSR count). The predicted molar refractivity (Wildman–Crippen MR) is 112 cm³/mol. The van der Waals surface area contributed by atoms with E-state index >= 15 is 0 Å². The minimum atomic E-state index is -0.402. The molecule has 1 aromatic rings. The number of esters is 1. The summed E-state index contributed by atoms with van der Waals surface area (Å²) in [5.41, 5.74) is 1.47. The Kier molecular flexibility index (Phi) is 6.22. The standard InChI is InChI=1S/C22H28N2O5S/c1-2-29-22(28)18-15-9-5-6-10-16(15)30-19(18)23-17(25)11-12-24-20(26)13-7-3-4-8-14(13)21(24)27/h13-14H,2-12H2,1H3,(H,23,25). The molecule has 2 unspecified atom stereocenters. The van der Waals surface area contributed by atoms with Gasteiger partial charge in [-0.2, -0.15) is 0 Å². The van der Waals surface area contributed by atoms with Crippen molar-refractivity contribution in [2.75, 3.05) is 18.5 Å². The molecule has 3 amide bonds. The van der Waals surface area contributed by atoms with Crippen LogP contribution in [-0.4, -0.2) is 41.7 Å². The van der Waals surface area contributed by atoms with Crippen LogP contribution in [0.5, 0.6) is 0 Å². The SMILES string of the molecule is CCOC(=O)c1c(NC(=O)CCN2C(=O)C3CCCCC3C2=O)sc2c1CCCC2. The molecule has 8 heteroatoms. The Morgan fingerprint density at radius 1 is 1.07 bits per heavy atom. The Morgan fingerprint density at radius 3 is 2.40 bits per heavy atom. The third-order valence-electron chi connectivity index (χ3n) is 6.40. The number of nitrogens with zero attached hydrogens (tertiary/aromatic N) is 1. The molecule has 2 aliphatic carbocycles. The number of fused-ring (bicyclic) bond motifs is 2. The lowest BCUT2D eigenvalue weighted by atomic mass is 9.81. The van der Waals surface area contributed by atoms with Crippen molar-refractivity contribution in [1.29, 1.82) is 0 Å². The Morgan fingerprint density at radius 2 is 1.73 bits per heavy atom. The van der Waals surface area contributed by atoms with Crippen molar-refractivity contribution in [2.24, 2.45) is 11.8 Å². The normalized spacial score (nSPS) is 23.2. The van der Waals surface area contributed by atoms with Crippen molar-refractivity contribution < 1.29 is 23.9 Å². The molecule has 7 nitrogen and oxygen atoms in total. The first-order valence-corrected chi connectivity index (χ1v) is 11.8. The summed E-state index contributed by atoms with van der Waals surface area (Å²) in [6.07, 6.45) is 7.33. The van der Waals surface area contributed by atoms with Crippen LogP contribution >= 0.6 is 11.3 Å². The maximum absolute atomic E-state index is 12.6. The summed E-state index contributed by atoms with van der Waals surface area (Å²) in [4.78, 5) is 52.7. The molecule has 1 saturated carbocycles. The fourth-order valence-electron chi connectivity index (χ4n) is 4.93. The quantitative estimate of drug-likeness (QED) is 0.550. The van der Waals surface area contributed by atoms with Crippen LogP contribution in [0.3, 0.4) is 0 Å². The van der Waals surface area contributed by atoms with Crippen LogP contribution in [0.4, 0.5) is 5.00 Å². The van der Waals surface area contributed by atoms with Crippen molar-refractivity contribution in [3.8, 4) is 0 Å². The van der Waals surface area contributed by atoms with E-state index in [2.05, 4.69) is 5.32 Å². The van der Waals surface area contributed by atoms with E-state index in [-0.39, 0.29) is 49.1 Å². The molecule has 2 atom stereocenters. The number of hydrogen-bond donors (Lipinski definition) is 1. The lowest BCUT2D eigenvalue weighted by Crippen LogP contribution is -2.34. The zero-order chi connectivity index (χ0) is 21.3. The molecule has 2 fully saturated rings. The lowest BCUT2D eigenvalue weighted by molar-refractivity contribution is -0.140. The van der Waals surface area contributed by atoms with E-state index in [4.69, 9.17) is 4.74 Å². The van der Waals surface area contributed by atoms with Crippen LogP contribution in [0.25, 0.3) is 0 Å². The smallest absolute Gasteiger partial charge is 0.341 e. The first-order chi connectivity index (χ1) is 14.5. The van der Waals surface area contributed by atoms with Crippen LogP contribution in [0, 0.1) is 11.8 Å². The van der Waals surface area contributed by atoms with E-state index in [9.17, 15) is 19.2 Å². The molecule has 0 bridgehead atoms. The summed E-state index contributed by atoms with van der Waals surface area (Å²) in [6.45, 7) is 2.13. The Labute approximate surface area is 180 Å². The second kappa shape index (κ2) is 8.88. The fourth-order valence-corrected chi connectivity index (χ4v) is 6.22. The number of likely N-dealkylation sites (tertiary alicyclic amines) is 1. The van der Waals surface area contributed by atoms with Crippen LogP contribution in [-0.2, 0) is 32.0 Å². The molecule has 0 aromatic carbocycles. The first kappa shape index (κ1) is 21.0. The minimum absolute atomic E-state index is 0.0295. The molecule has 2 heterocycles. The third kappa shape index (κ3) is 3.89. The van der Waals surface area contributed by atoms with Crippen LogP contribution in [0.1, 0.15) is 72.7 Å². The van der Waals surface area contributed by atoms with Gasteiger partial charge in [-0.05, 0) is 51.0 Å².